The molecule has 0 bridgehead atoms. The Hall–Kier alpha value is -1.43. The number of benzene rings is 3. The van der Waals surface area contributed by atoms with Crippen molar-refractivity contribution in [2.24, 2.45) is 5.89 Å². The molecule has 3 aromatic carbocycles. The van der Waals surface area contributed by atoms with Crippen molar-refractivity contribution in [2.75, 3.05) is 6.16 Å². The van der Waals surface area contributed by atoms with Gasteiger partial charge < -0.3 is 17.0 Å². The summed E-state index contributed by atoms with van der Waals surface area (Å²) in [6.07, 6.45) is -0.00220. The van der Waals surface area contributed by atoms with E-state index in [9.17, 15) is 0 Å². The zero-order chi connectivity index (χ0) is 22.8. The Morgan fingerprint density at radius 3 is 1.40 bits per heavy atom. The van der Waals surface area contributed by atoms with Crippen LogP contribution < -0.4 is 32.9 Å². The van der Waals surface area contributed by atoms with Crippen LogP contribution in [0.5, 0.6) is 0 Å². The predicted molar refractivity (Wildman–Crippen MR) is 109 cm³/mol. The average molecular weight is 420 g/mol. The third kappa shape index (κ3) is 4.40. The summed E-state index contributed by atoms with van der Waals surface area (Å²) < 4.78 is 55.8. The Labute approximate surface area is 173 Å². The Morgan fingerprint density at radius 2 is 1.08 bits per heavy atom. The highest BCUT2D eigenvalue weighted by Gasteiger charge is 2.44. The average Bonchev–Trinajstić information content (AvgIpc) is 2.75. The molecule has 0 radical (unpaired) electrons. The topological polar surface area (TPSA) is 0 Å². The van der Waals surface area contributed by atoms with E-state index in [2.05, 4.69) is 0 Å². The summed E-state index contributed by atoms with van der Waals surface area (Å²) in [7, 11) is -2.41. The van der Waals surface area contributed by atoms with Gasteiger partial charge >= 0.3 is 0 Å². The second kappa shape index (κ2) is 9.32. The standard InChI is InChI=1S/C23H26P.BrH/c1-20(2)18-19-24(21-12-6-3-7-13-21,22-14-8-4-9-15-22)23-16-10-5-11-17-23;/h3-17,20H,18-19H2,1-2H3;1H/q+1;/p-1/i1D3,2D3,20D;. The molecular weight excluding hydrogens is 387 g/mol. The molecule has 0 fully saturated rings. The van der Waals surface area contributed by atoms with Crippen LogP contribution in [-0.2, 0) is 0 Å². The fourth-order valence-electron chi connectivity index (χ4n) is 3.16. The van der Waals surface area contributed by atoms with E-state index in [1.54, 1.807) is 0 Å². The van der Waals surface area contributed by atoms with Gasteiger partial charge in [0.05, 0.1) is 6.16 Å². The van der Waals surface area contributed by atoms with Crippen molar-refractivity contribution in [3.05, 3.63) is 91.0 Å². The van der Waals surface area contributed by atoms with Gasteiger partial charge in [-0.25, -0.2) is 0 Å². The first-order chi connectivity index (χ1) is 14.5. The molecule has 2 heteroatoms. The van der Waals surface area contributed by atoms with Crippen LogP contribution in [0.2, 0.25) is 0 Å². The highest BCUT2D eigenvalue weighted by molar-refractivity contribution is 7.95. The number of hydrogen-bond acceptors (Lipinski definition) is 0. The maximum atomic E-state index is 8.58. The minimum Gasteiger partial charge on any atom is -1.00 e. The molecule has 0 atom stereocenters. The third-order valence-corrected chi connectivity index (χ3v) is 8.72. The first-order valence-electron chi connectivity index (χ1n) is 11.6. The van der Waals surface area contributed by atoms with Crippen molar-refractivity contribution in [1.82, 2.24) is 0 Å². The molecule has 0 nitrogen and oxygen atoms in total. The van der Waals surface area contributed by atoms with E-state index in [0.717, 1.165) is 15.9 Å². The molecule has 0 amide bonds. The Bertz CT molecular complexity index is 863. The molecular formula is C23H26BrP. The third-order valence-electron chi connectivity index (χ3n) is 4.29. The lowest BCUT2D eigenvalue weighted by Crippen LogP contribution is -3.00. The van der Waals surface area contributed by atoms with Crippen molar-refractivity contribution in [3.63, 3.8) is 0 Å². The lowest BCUT2D eigenvalue weighted by atomic mass is 10.2. The van der Waals surface area contributed by atoms with Crippen LogP contribution in [0, 0.1) is 5.89 Å². The second-order valence-corrected chi connectivity index (χ2v) is 9.38. The molecule has 0 spiro atoms. The molecule has 0 aliphatic carbocycles. The molecule has 0 saturated carbocycles. The molecule has 0 aliphatic rings. The second-order valence-electron chi connectivity index (χ2n) is 5.77. The lowest BCUT2D eigenvalue weighted by molar-refractivity contribution is -0.00000490. The summed E-state index contributed by atoms with van der Waals surface area (Å²) in [5.74, 6) is -2.55. The van der Waals surface area contributed by atoms with Crippen LogP contribution in [0.4, 0.5) is 0 Å². The smallest absolute Gasteiger partial charge is 0.112 e. The van der Waals surface area contributed by atoms with E-state index in [1.807, 2.05) is 91.0 Å². The Balaban J connectivity index is 0.00000363. The molecule has 0 saturated heterocycles. The van der Waals surface area contributed by atoms with Crippen molar-refractivity contribution >= 4 is 23.2 Å². The maximum Gasteiger partial charge on any atom is 0.112 e. The fraction of sp³-hybridized carbons (Fsp3) is 0.217. The molecule has 130 valence electrons. The lowest BCUT2D eigenvalue weighted by Gasteiger charge is -2.28. The molecule has 25 heavy (non-hydrogen) atoms. The van der Waals surface area contributed by atoms with Gasteiger partial charge in [0.15, 0.2) is 0 Å². The van der Waals surface area contributed by atoms with Gasteiger partial charge in [-0.1, -0.05) is 68.3 Å². The molecule has 0 aliphatic heterocycles. The normalized spacial score (nSPS) is 16.7. The van der Waals surface area contributed by atoms with Gasteiger partial charge in [-0.15, -0.1) is 0 Å². The molecule has 0 unspecified atom stereocenters. The first-order valence-corrected chi connectivity index (χ1v) is 10.0. The molecule has 3 aromatic rings. The predicted octanol–water partition coefficient (Wildman–Crippen LogP) is 2.03. The van der Waals surface area contributed by atoms with E-state index < -0.39 is 26.9 Å². The SMILES string of the molecule is [2H]C([2H])([2H])C([2H])(CC[P+](c1ccccc1)(c1ccccc1)c1ccccc1)C([2H])([2H])[2H].[Br-]. The van der Waals surface area contributed by atoms with E-state index >= 15 is 0 Å². The van der Waals surface area contributed by atoms with E-state index in [4.69, 9.17) is 9.60 Å². The monoisotopic (exact) mass is 419 g/mol. The van der Waals surface area contributed by atoms with Crippen molar-refractivity contribution in [3.8, 4) is 0 Å². The summed E-state index contributed by atoms with van der Waals surface area (Å²) in [6, 6.07) is 29.5. The highest BCUT2D eigenvalue weighted by Crippen LogP contribution is 2.56. The van der Waals surface area contributed by atoms with Crippen LogP contribution in [-0.4, -0.2) is 6.16 Å². The molecule has 3 rings (SSSR count). The van der Waals surface area contributed by atoms with E-state index in [1.165, 1.54) is 0 Å². The number of halogens is 1. The number of rotatable bonds is 6. The van der Waals surface area contributed by atoms with Crippen molar-refractivity contribution < 1.29 is 26.6 Å². The van der Waals surface area contributed by atoms with Crippen LogP contribution in [0.3, 0.4) is 0 Å². The summed E-state index contributed by atoms with van der Waals surface area (Å²) in [6.45, 7) is -5.87. The quantitative estimate of drug-likeness (QED) is 0.536. The highest BCUT2D eigenvalue weighted by atomic mass is 79.9. The minimum absolute atomic E-state index is 0. The van der Waals surface area contributed by atoms with Crippen LogP contribution in [0.25, 0.3) is 0 Å². The zero-order valence-corrected chi connectivity index (χ0v) is 16.4. The molecule has 0 N–H and O–H groups in total. The van der Waals surface area contributed by atoms with Crippen LogP contribution >= 0.6 is 7.26 Å². The van der Waals surface area contributed by atoms with Gasteiger partial charge in [0.1, 0.15) is 23.2 Å². The Kier molecular flexibility index (Phi) is 4.49. The van der Waals surface area contributed by atoms with E-state index in [-0.39, 0.29) is 29.6 Å². The van der Waals surface area contributed by atoms with Gasteiger partial charge in [0.2, 0.25) is 0 Å². The van der Waals surface area contributed by atoms with Gasteiger partial charge in [-0.2, -0.15) is 0 Å². The Morgan fingerprint density at radius 1 is 0.720 bits per heavy atom. The summed E-state index contributed by atoms with van der Waals surface area (Å²) in [4.78, 5) is 0. The zero-order valence-electron chi connectivity index (χ0n) is 20.9. The molecule has 0 aromatic heterocycles. The van der Waals surface area contributed by atoms with Crippen molar-refractivity contribution in [2.45, 2.75) is 20.1 Å². The largest absolute Gasteiger partial charge is 1.00 e. The summed E-state index contributed by atoms with van der Waals surface area (Å²) >= 11 is 0. The van der Waals surface area contributed by atoms with Crippen LogP contribution in [0.15, 0.2) is 91.0 Å². The van der Waals surface area contributed by atoms with Gasteiger partial charge in [0, 0.05) is 9.60 Å². The van der Waals surface area contributed by atoms with Crippen LogP contribution in [0.1, 0.15) is 29.7 Å². The van der Waals surface area contributed by atoms with E-state index in [0.29, 0.717) is 0 Å². The van der Waals surface area contributed by atoms with Gasteiger partial charge in [0.25, 0.3) is 0 Å². The summed E-state index contributed by atoms with van der Waals surface area (Å²) in [5.41, 5.74) is 0. The van der Waals surface area contributed by atoms with Crippen molar-refractivity contribution in [1.29, 1.82) is 0 Å². The minimum atomic E-state index is -2.93. The van der Waals surface area contributed by atoms with Gasteiger partial charge in [-0.3, -0.25) is 0 Å². The van der Waals surface area contributed by atoms with Gasteiger partial charge in [-0.05, 0) is 48.7 Å². The number of hydrogen-bond donors (Lipinski definition) is 0. The fourth-order valence-corrected chi connectivity index (χ4v) is 7.43. The molecule has 0 heterocycles. The maximum absolute atomic E-state index is 8.58. The first kappa shape index (κ1) is 12.0. The summed E-state index contributed by atoms with van der Waals surface area (Å²) in [5, 5.41) is 3.10.